The van der Waals surface area contributed by atoms with E-state index in [1.165, 1.54) is 17.5 Å². The second-order valence-electron chi connectivity index (χ2n) is 2.68. The first kappa shape index (κ1) is 9.72. The summed E-state index contributed by atoms with van der Waals surface area (Å²) in [5.41, 5.74) is 0. The van der Waals surface area contributed by atoms with E-state index in [-0.39, 0.29) is 5.91 Å². The van der Waals surface area contributed by atoms with Crippen molar-refractivity contribution in [2.75, 3.05) is 7.05 Å². The molecule has 2 heterocycles. The zero-order valence-corrected chi connectivity index (χ0v) is 8.78. The fraction of sp³-hybridized carbons (Fsp3) is 0.111. The SMILES string of the molecule is CNC(=O)c1cnc(-c2ncccn2)s1. The highest BCUT2D eigenvalue weighted by Gasteiger charge is 2.11. The maximum atomic E-state index is 11.3. The number of nitrogens with zero attached hydrogens (tertiary/aromatic N) is 3. The molecule has 6 heteroatoms. The van der Waals surface area contributed by atoms with E-state index in [9.17, 15) is 4.79 Å². The summed E-state index contributed by atoms with van der Waals surface area (Å²) in [5.74, 6) is 0.396. The van der Waals surface area contributed by atoms with E-state index in [1.54, 1.807) is 25.5 Å². The number of amides is 1. The molecule has 0 spiro atoms. The Morgan fingerprint density at radius 1 is 1.33 bits per heavy atom. The van der Waals surface area contributed by atoms with E-state index in [2.05, 4.69) is 20.3 Å². The maximum absolute atomic E-state index is 11.3. The van der Waals surface area contributed by atoms with Gasteiger partial charge in [0.25, 0.3) is 5.91 Å². The van der Waals surface area contributed by atoms with Gasteiger partial charge in [-0.2, -0.15) is 0 Å². The number of thiazole rings is 1. The minimum atomic E-state index is -0.144. The highest BCUT2D eigenvalue weighted by Crippen LogP contribution is 2.20. The van der Waals surface area contributed by atoms with Crippen molar-refractivity contribution in [1.82, 2.24) is 20.3 Å². The van der Waals surface area contributed by atoms with Crippen molar-refractivity contribution in [3.8, 4) is 10.8 Å². The molecule has 0 radical (unpaired) electrons. The van der Waals surface area contributed by atoms with E-state index in [4.69, 9.17) is 0 Å². The number of rotatable bonds is 2. The second kappa shape index (κ2) is 4.14. The molecule has 0 unspecified atom stereocenters. The Balaban J connectivity index is 2.32. The van der Waals surface area contributed by atoms with Crippen molar-refractivity contribution in [3.63, 3.8) is 0 Å². The first-order valence-electron chi connectivity index (χ1n) is 4.26. The van der Waals surface area contributed by atoms with Crippen LogP contribution in [0, 0.1) is 0 Å². The minimum Gasteiger partial charge on any atom is -0.354 e. The van der Waals surface area contributed by atoms with Crippen LogP contribution in [0.3, 0.4) is 0 Å². The van der Waals surface area contributed by atoms with Crippen LogP contribution in [0.1, 0.15) is 9.67 Å². The Hall–Kier alpha value is -1.82. The lowest BCUT2D eigenvalue weighted by molar-refractivity contribution is 0.0967. The first-order chi connectivity index (χ1) is 7.31. The molecule has 2 aromatic rings. The van der Waals surface area contributed by atoms with Crippen LogP contribution in [0.15, 0.2) is 24.7 Å². The molecule has 0 aliphatic heterocycles. The van der Waals surface area contributed by atoms with Gasteiger partial charge in [0, 0.05) is 19.4 Å². The lowest BCUT2D eigenvalue weighted by Crippen LogP contribution is -2.16. The quantitative estimate of drug-likeness (QED) is 0.818. The Bertz CT molecular complexity index is 468. The van der Waals surface area contributed by atoms with Gasteiger partial charge < -0.3 is 5.32 Å². The lowest BCUT2D eigenvalue weighted by atomic mass is 10.5. The van der Waals surface area contributed by atoms with Crippen molar-refractivity contribution in [2.45, 2.75) is 0 Å². The minimum absolute atomic E-state index is 0.144. The summed E-state index contributed by atoms with van der Waals surface area (Å²) in [7, 11) is 1.58. The third-order valence-electron chi connectivity index (χ3n) is 1.71. The Morgan fingerprint density at radius 2 is 2.07 bits per heavy atom. The smallest absolute Gasteiger partial charge is 0.262 e. The summed E-state index contributed by atoms with van der Waals surface area (Å²) >= 11 is 1.27. The number of hydrogen-bond acceptors (Lipinski definition) is 5. The molecular weight excluding hydrogens is 212 g/mol. The molecular formula is C9H8N4OS. The van der Waals surface area contributed by atoms with Crippen molar-refractivity contribution in [2.24, 2.45) is 0 Å². The molecule has 0 aliphatic carbocycles. The summed E-state index contributed by atoms with van der Waals surface area (Å²) in [4.78, 5) is 24.0. The highest BCUT2D eigenvalue weighted by atomic mass is 32.1. The third kappa shape index (κ3) is 1.99. The topological polar surface area (TPSA) is 67.8 Å². The predicted molar refractivity (Wildman–Crippen MR) is 56.5 cm³/mol. The lowest BCUT2D eigenvalue weighted by Gasteiger charge is -1.92. The molecule has 5 nitrogen and oxygen atoms in total. The van der Waals surface area contributed by atoms with Gasteiger partial charge in [0.1, 0.15) is 4.88 Å². The average Bonchev–Trinajstić information content (AvgIpc) is 2.78. The molecule has 0 saturated carbocycles. The molecule has 0 fully saturated rings. The Labute approximate surface area is 90.2 Å². The van der Waals surface area contributed by atoms with E-state index in [0.717, 1.165) is 0 Å². The number of hydrogen-bond donors (Lipinski definition) is 1. The monoisotopic (exact) mass is 220 g/mol. The number of carbonyl (C=O) groups is 1. The number of nitrogens with one attached hydrogen (secondary N) is 1. The highest BCUT2D eigenvalue weighted by molar-refractivity contribution is 7.16. The molecule has 15 heavy (non-hydrogen) atoms. The van der Waals surface area contributed by atoms with E-state index in [1.807, 2.05) is 0 Å². The van der Waals surface area contributed by atoms with Crippen LogP contribution in [-0.2, 0) is 0 Å². The summed E-state index contributed by atoms with van der Waals surface area (Å²) < 4.78 is 0. The van der Waals surface area contributed by atoms with Crippen LogP contribution in [0.25, 0.3) is 10.8 Å². The van der Waals surface area contributed by atoms with E-state index in [0.29, 0.717) is 15.7 Å². The first-order valence-corrected chi connectivity index (χ1v) is 5.08. The Morgan fingerprint density at radius 3 is 2.73 bits per heavy atom. The second-order valence-corrected chi connectivity index (χ2v) is 3.71. The molecule has 1 amide bonds. The van der Waals surface area contributed by atoms with Gasteiger partial charge in [-0.1, -0.05) is 0 Å². The summed E-state index contributed by atoms with van der Waals surface area (Å²) in [5, 5.41) is 3.18. The number of carbonyl (C=O) groups excluding carboxylic acids is 1. The molecule has 76 valence electrons. The van der Waals surface area contributed by atoms with Gasteiger partial charge >= 0.3 is 0 Å². The molecule has 0 aliphatic rings. The molecule has 1 N–H and O–H groups in total. The summed E-state index contributed by atoms with van der Waals surface area (Å²) in [6.45, 7) is 0. The molecule has 0 bridgehead atoms. The standard InChI is InChI=1S/C9H8N4OS/c1-10-8(14)6-5-13-9(15-6)7-11-3-2-4-12-7/h2-5H,1H3,(H,10,14). The van der Waals surface area contributed by atoms with Gasteiger partial charge in [0.2, 0.25) is 0 Å². The van der Waals surface area contributed by atoms with Gasteiger partial charge in [0.15, 0.2) is 10.8 Å². The van der Waals surface area contributed by atoms with Gasteiger partial charge in [0.05, 0.1) is 6.20 Å². The molecule has 0 aromatic carbocycles. The van der Waals surface area contributed by atoms with E-state index >= 15 is 0 Å². The van der Waals surface area contributed by atoms with Crippen LogP contribution >= 0.6 is 11.3 Å². The molecule has 0 saturated heterocycles. The van der Waals surface area contributed by atoms with Gasteiger partial charge in [-0.3, -0.25) is 4.79 Å². The summed E-state index contributed by atoms with van der Waals surface area (Å²) in [6, 6.07) is 1.73. The summed E-state index contributed by atoms with van der Waals surface area (Å²) in [6.07, 6.45) is 4.81. The third-order valence-corrected chi connectivity index (χ3v) is 2.71. The van der Waals surface area contributed by atoms with Gasteiger partial charge in [-0.25, -0.2) is 15.0 Å². The van der Waals surface area contributed by atoms with Gasteiger partial charge in [-0.05, 0) is 6.07 Å². The number of aromatic nitrogens is 3. The van der Waals surface area contributed by atoms with Crippen LogP contribution in [-0.4, -0.2) is 27.9 Å². The zero-order valence-electron chi connectivity index (χ0n) is 7.97. The van der Waals surface area contributed by atoms with Crippen LogP contribution in [0.5, 0.6) is 0 Å². The zero-order chi connectivity index (χ0) is 10.7. The van der Waals surface area contributed by atoms with Crippen LogP contribution in [0.2, 0.25) is 0 Å². The van der Waals surface area contributed by atoms with Crippen molar-refractivity contribution >= 4 is 17.2 Å². The average molecular weight is 220 g/mol. The molecule has 2 aromatic heterocycles. The molecule has 2 rings (SSSR count). The van der Waals surface area contributed by atoms with Crippen molar-refractivity contribution < 1.29 is 4.79 Å². The van der Waals surface area contributed by atoms with Crippen LogP contribution < -0.4 is 5.32 Å². The molecule has 0 atom stereocenters. The van der Waals surface area contributed by atoms with Crippen molar-refractivity contribution in [3.05, 3.63) is 29.5 Å². The van der Waals surface area contributed by atoms with Crippen molar-refractivity contribution in [1.29, 1.82) is 0 Å². The predicted octanol–water partition coefficient (Wildman–Crippen LogP) is 0.960. The largest absolute Gasteiger partial charge is 0.354 e. The fourth-order valence-corrected chi connectivity index (χ4v) is 1.83. The van der Waals surface area contributed by atoms with Crippen LogP contribution in [0.4, 0.5) is 0 Å². The van der Waals surface area contributed by atoms with Gasteiger partial charge in [-0.15, -0.1) is 11.3 Å². The Kier molecular flexibility index (Phi) is 2.68. The normalized spacial score (nSPS) is 9.93. The van der Waals surface area contributed by atoms with E-state index < -0.39 is 0 Å². The fourth-order valence-electron chi connectivity index (χ4n) is 1.02. The maximum Gasteiger partial charge on any atom is 0.262 e.